The highest BCUT2D eigenvalue weighted by Gasteiger charge is 2.23. The first-order chi connectivity index (χ1) is 6.66. The average Bonchev–Trinajstić information content (AvgIpc) is 2.87. The Labute approximate surface area is 81.7 Å². The van der Waals surface area contributed by atoms with E-state index < -0.39 is 5.91 Å². The number of carbonyl (C=O) groups is 1. The van der Waals surface area contributed by atoms with Crippen LogP contribution in [-0.2, 0) is 0 Å². The molecule has 1 heterocycles. The van der Waals surface area contributed by atoms with E-state index in [2.05, 4.69) is 15.3 Å². The van der Waals surface area contributed by atoms with Gasteiger partial charge in [-0.15, -0.1) is 0 Å². The van der Waals surface area contributed by atoms with Crippen LogP contribution in [0.3, 0.4) is 0 Å². The van der Waals surface area contributed by atoms with Gasteiger partial charge in [0.15, 0.2) is 0 Å². The normalized spacial score (nSPS) is 15.2. The van der Waals surface area contributed by atoms with Crippen molar-refractivity contribution >= 4 is 11.7 Å². The van der Waals surface area contributed by atoms with Gasteiger partial charge >= 0.3 is 0 Å². The Kier molecular flexibility index (Phi) is 2.07. The van der Waals surface area contributed by atoms with Crippen LogP contribution in [0.2, 0.25) is 0 Å². The molecule has 0 saturated heterocycles. The first-order valence-electron chi connectivity index (χ1n) is 4.57. The van der Waals surface area contributed by atoms with E-state index in [1.165, 1.54) is 6.20 Å². The van der Waals surface area contributed by atoms with Gasteiger partial charge in [0, 0.05) is 12.2 Å². The van der Waals surface area contributed by atoms with Crippen molar-refractivity contribution in [2.24, 2.45) is 5.73 Å². The molecule has 2 rings (SSSR count). The van der Waals surface area contributed by atoms with Gasteiger partial charge in [-0.25, -0.2) is 9.97 Å². The molecule has 0 unspecified atom stereocenters. The van der Waals surface area contributed by atoms with Crippen LogP contribution in [-0.4, -0.2) is 21.9 Å². The van der Waals surface area contributed by atoms with Crippen molar-refractivity contribution in [1.29, 1.82) is 0 Å². The van der Waals surface area contributed by atoms with Gasteiger partial charge in [0.25, 0.3) is 5.91 Å². The lowest BCUT2D eigenvalue weighted by Crippen LogP contribution is -2.17. The van der Waals surface area contributed by atoms with E-state index in [4.69, 9.17) is 5.73 Å². The molecule has 3 N–H and O–H groups in total. The Morgan fingerprint density at radius 1 is 1.64 bits per heavy atom. The van der Waals surface area contributed by atoms with Crippen LogP contribution in [0.4, 0.5) is 5.82 Å². The second kappa shape index (κ2) is 3.25. The minimum absolute atomic E-state index is 0.363. The maximum Gasteiger partial charge on any atom is 0.254 e. The van der Waals surface area contributed by atoms with E-state index >= 15 is 0 Å². The van der Waals surface area contributed by atoms with Gasteiger partial charge in [-0.1, -0.05) is 0 Å². The van der Waals surface area contributed by atoms with Gasteiger partial charge in [-0.05, 0) is 19.8 Å². The van der Waals surface area contributed by atoms with Crippen molar-refractivity contribution < 1.29 is 4.79 Å². The molecule has 0 radical (unpaired) electrons. The fraction of sp³-hybridized carbons (Fsp3) is 0.444. The maximum atomic E-state index is 11.0. The SMILES string of the molecule is Cc1ncc(C(N)=O)c(NC2CC2)n1. The third kappa shape index (κ3) is 1.81. The Morgan fingerprint density at radius 2 is 2.36 bits per heavy atom. The number of carbonyl (C=O) groups excluding carboxylic acids is 1. The predicted molar refractivity (Wildman–Crippen MR) is 51.9 cm³/mol. The van der Waals surface area contributed by atoms with Crippen molar-refractivity contribution in [2.75, 3.05) is 5.32 Å². The van der Waals surface area contributed by atoms with E-state index in [1.54, 1.807) is 6.92 Å². The second-order valence-corrected chi connectivity index (χ2v) is 3.46. The lowest BCUT2D eigenvalue weighted by Gasteiger charge is -2.07. The summed E-state index contributed by atoms with van der Waals surface area (Å²) in [6, 6.07) is 0.447. The molecule has 0 spiro atoms. The average molecular weight is 192 g/mol. The molecule has 0 aromatic carbocycles. The molecule has 0 atom stereocenters. The van der Waals surface area contributed by atoms with Gasteiger partial charge < -0.3 is 11.1 Å². The number of anilines is 1. The van der Waals surface area contributed by atoms with Gasteiger partial charge in [0.1, 0.15) is 11.6 Å². The van der Waals surface area contributed by atoms with Crippen LogP contribution in [0.15, 0.2) is 6.20 Å². The molecular weight excluding hydrogens is 180 g/mol. The van der Waals surface area contributed by atoms with E-state index in [1.807, 2.05) is 0 Å². The predicted octanol–water partition coefficient (Wildman–Crippen LogP) is 0.458. The molecule has 0 aliphatic heterocycles. The number of nitrogens with one attached hydrogen (secondary N) is 1. The molecule has 1 aliphatic rings. The molecule has 74 valence electrons. The quantitative estimate of drug-likeness (QED) is 0.729. The molecule has 1 aliphatic carbocycles. The Bertz CT molecular complexity index is 373. The van der Waals surface area contributed by atoms with Crippen LogP contribution in [0.25, 0.3) is 0 Å². The van der Waals surface area contributed by atoms with Crippen LogP contribution in [0.5, 0.6) is 0 Å². The number of hydrogen-bond acceptors (Lipinski definition) is 4. The van der Waals surface area contributed by atoms with Crippen LogP contribution in [0.1, 0.15) is 29.0 Å². The number of hydrogen-bond donors (Lipinski definition) is 2. The number of primary amides is 1. The van der Waals surface area contributed by atoms with Crippen LogP contribution in [0, 0.1) is 6.92 Å². The second-order valence-electron chi connectivity index (χ2n) is 3.46. The third-order valence-electron chi connectivity index (χ3n) is 2.09. The van der Waals surface area contributed by atoms with Gasteiger partial charge in [-0.3, -0.25) is 4.79 Å². The highest BCUT2D eigenvalue weighted by atomic mass is 16.1. The molecule has 5 heteroatoms. The first kappa shape index (κ1) is 8.93. The monoisotopic (exact) mass is 192 g/mol. The zero-order valence-electron chi connectivity index (χ0n) is 7.95. The topological polar surface area (TPSA) is 80.9 Å². The number of nitrogens with two attached hydrogens (primary N) is 1. The van der Waals surface area contributed by atoms with Crippen molar-refractivity contribution in [1.82, 2.24) is 9.97 Å². The Morgan fingerprint density at radius 3 is 2.93 bits per heavy atom. The first-order valence-corrected chi connectivity index (χ1v) is 4.57. The number of aryl methyl sites for hydroxylation is 1. The number of amides is 1. The number of nitrogens with zero attached hydrogens (tertiary/aromatic N) is 2. The molecule has 1 aromatic heterocycles. The van der Waals surface area contributed by atoms with Gasteiger partial charge in [0.05, 0.1) is 5.56 Å². The van der Waals surface area contributed by atoms with E-state index in [0.29, 0.717) is 23.2 Å². The molecule has 14 heavy (non-hydrogen) atoms. The lowest BCUT2D eigenvalue weighted by atomic mass is 10.3. The Balaban J connectivity index is 2.31. The van der Waals surface area contributed by atoms with E-state index in [-0.39, 0.29) is 0 Å². The van der Waals surface area contributed by atoms with Crippen LogP contribution < -0.4 is 11.1 Å². The number of rotatable bonds is 3. The number of aromatic nitrogens is 2. The Hall–Kier alpha value is -1.65. The van der Waals surface area contributed by atoms with Crippen LogP contribution >= 0.6 is 0 Å². The standard InChI is InChI=1S/C9H12N4O/c1-5-11-4-7(8(10)14)9(12-5)13-6-2-3-6/h4,6H,2-3H2,1H3,(H2,10,14)(H,11,12,13). The summed E-state index contributed by atoms with van der Waals surface area (Å²) in [6.45, 7) is 1.78. The fourth-order valence-corrected chi connectivity index (χ4v) is 1.18. The largest absolute Gasteiger partial charge is 0.367 e. The molecule has 1 amide bonds. The molecule has 1 saturated carbocycles. The maximum absolute atomic E-state index is 11.0. The lowest BCUT2D eigenvalue weighted by molar-refractivity contribution is 0.100. The summed E-state index contributed by atoms with van der Waals surface area (Å²) in [5.74, 6) is 0.707. The minimum Gasteiger partial charge on any atom is -0.367 e. The molecule has 5 nitrogen and oxygen atoms in total. The van der Waals surface area contributed by atoms with Crippen molar-refractivity contribution in [3.8, 4) is 0 Å². The molecule has 1 aromatic rings. The third-order valence-corrected chi connectivity index (χ3v) is 2.09. The molecular formula is C9H12N4O. The zero-order valence-corrected chi connectivity index (χ0v) is 7.95. The van der Waals surface area contributed by atoms with Crippen molar-refractivity contribution in [2.45, 2.75) is 25.8 Å². The van der Waals surface area contributed by atoms with Crippen molar-refractivity contribution in [3.05, 3.63) is 17.6 Å². The van der Waals surface area contributed by atoms with Gasteiger partial charge in [-0.2, -0.15) is 0 Å². The summed E-state index contributed by atoms with van der Waals surface area (Å²) >= 11 is 0. The molecule has 0 bridgehead atoms. The fourth-order valence-electron chi connectivity index (χ4n) is 1.18. The minimum atomic E-state index is -0.492. The smallest absolute Gasteiger partial charge is 0.254 e. The highest BCUT2D eigenvalue weighted by Crippen LogP contribution is 2.25. The summed E-state index contributed by atoms with van der Waals surface area (Å²) < 4.78 is 0. The highest BCUT2D eigenvalue weighted by molar-refractivity contribution is 5.97. The zero-order chi connectivity index (χ0) is 10.1. The van der Waals surface area contributed by atoms with Gasteiger partial charge in [0.2, 0.25) is 0 Å². The summed E-state index contributed by atoms with van der Waals surface area (Å²) in [5.41, 5.74) is 5.57. The summed E-state index contributed by atoms with van der Waals surface area (Å²) in [4.78, 5) is 19.1. The summed E-state index contributed by atoms with van der Waals surface area (Å²) in [6.07, 6.45) is 3.72. The summed E-state index contributed by atoms with van der Waals surface area (Å²) in [5, 5.41) is 3.15. The van der Waals surface area contributed by atoms with E-state index in [0.717, 1.165) is 12.8 Å². The molecule has 1 fully saturated rings. The summed E-state index contributed by atoms with van der Waals surface area (Å²) in [7, 11) is 0. The van der Waals surface area contributed by atoms with E-state index in [9.17, 15) is 4.79 Å². The van der Waals surface area contributed by atoms with Crippen molar-refractivity contribution in [3.63, 3.8) is 0 Å².